The monoisotopic (exact) mass is 368 g/mol. The SMILES string of the molecule is COc1ccc(-c2cc(CNC(C)c3cccc4ccccc34)ccn2)cc1. The Morgan fingerprint density at radius 1 is 0.929 bits per heavy atom. The van der Waals surface area contributed by atoms with Gasteiger partial charge < -0.3 is 10.1 Å². The van der Waals surface area contributed by atoms with E-state index in [4.69, 9.17) is 4.74 Å². The van der Waals surface area contributed by atoms with Gasteiger partial charge in [-0.25, -0.2) is 0 Å². The molecule has 0 amide bonds. The largest absolute Gasteiger partial charge is 0.497 e. The number of hydrogen-bond donors (Lipinski definition) is 1. The van der Waals surface area contributed by atoms with Crippen molar-refractivity contribution < 1.29 is 4.74 Å². The number of nitrogens with one attached hydrogen (secondary N) is 1. The molecule has 1 N–H and O–H groups in total. The first kappa shape index (κ1) is 18.2. The molecule has 0 aliphatic rings. The lowest BCUT2D eigenvalue weighted by Gasteiger charge is -2.17. The van der Waals surface area contributed by atoms with Crippen LogP contribution in [0.1, 0.15) is 24.1 Å². The molecule has 1 atom stereocenters. The highest BCUT2D eigenvalue weighted by atomic mass is 16.5. The average molecular weight is 368 g/mol. The van der Waals surface area contributed by atoms with Crippen molar-refractivity contribution >= 4 is 10.8 Å². The summed E-state index contributed by atoms with van der Waals surface area (Å²) in [4.78, 5) is 4.52. The number of hydrogen-bond acceptors (Lipinski definition) is 3. The third-order valence-electron chi connectivity index (χ3n) is 5.11. The zero-order chi connectivity index (χ0) is 19.3. The second-order valence-corrected chi connectivity index (χ2v) is 6.95. The Hall–Kier alpha value is -3.17. The van der Waals surface area contributed by atoms with E-state index in [1.54, 1.807) is 7.11 Å². The van der Waals surface area contributed by atoms with Gasteiger partial charge in [-0.2, -0.15) is 0 Å². The molecule has 1 unspecified atom stereocenters. The van der Waals surface area contributed by atoms with Crippen molar-refractivity contribution in [1.29, 1.82) is 0 Å². The van der Waals surface area contributed by atoms with Gasteiger partial charge in [-0.15, -0.1) is 0 Å². The first-order valence-electron chi connectivity index (χ1n) is 9.55. The van der Waals surface area contributed by atoms with Crippen molar-refractivity contribution in [3.05, 3.63) is 96.2 Å². The van der Waals surface area contributed by atoms with Crippen LogP contribution in [0.5, 0.6) is 5.75 Å². The highest BCUT2D eigenvalue weighted by molar-refractivity contribution is 5.86. The lowest BCUT2D eigenvalue weighted by Crippen LogP contribution is -2.18. The lowest BCUT2D eigenvalue weighted by atomic mass is 9.99. The number of pyridine rings is 1. The normalized spacial score (nSPS) is 12.1. The molecule has 1 aromatic heterocycles. The summed E-state index contributed by atoms with van der Waals surface area (Å²) >= 11 is 0. The van der Waals surface area contributed by atoms with Crippen molar-refractivity contribution in [2.24, 2.45) is 0 Å². The van der Waals surface area contributed by atoms with E-state index >= 15 is 0 Å². The van der Waals surface area contributed by atoms with Crippen LogP contribution in [0.15, 0.2) is 85.1 Å². The fourth-order valence-corrected chi connectivity index (χ4v) is 3.51. The number of fused-ring (bicyclic) bond motifs is 1. The van der Waals surface area contributed by atoms with E-state index in [2.05, 4.69) is 71.8 Å². The van der Waals surface area contributed by atoms with Gasteiger partial charge in [-0.1, -0.05) is 42.5 Å². The molecule has 0 spiro atoms. The number of rotatable bonds is 6. The van der Waals surface area contributed by atoms with Gasteiger partial charge in [0.15, 0.2) is 0 Å². The second-order valence-electron chi connectivity index (χ2n) is 6.95. The second kappa shape index (κ2) is 8.24. The standard InChI is InChI=1S/C25H24N2O/c1-18(23-9-5-7-20-6-3-4-8-24(20)23)27-17-19-14-15-26-25(16-19)21-10-12-22(28-2)13-11-21/h3-16,18,27H,17H2,1-2H3. The predicted octanol–water partition coefficient (Wildman–Crippen LogP) is 5.76. The Bertz CT molecular complexity index is 1070. The fourth-order valence-electron chi connectivity index (χ4n) is 3.51. The Morgan fingerprint density at radius 2 is 1.71 bits per heavy atom. The van der Waals surface area contributed by atoms with Crippen molar-refractivity contribution in [2.45, 2.75) is 19.5 Å². The Morgan fingerprint density at radius 3 is 2.54 bits per heavy atom. The molecule has 4 aromatic rings. The molecule has 0 bridgehead atoms. The predicted molar refractivity (Wildman–Crippen MR) is 115 cm³/mol. The molecule has 0 radical (unpaired) electrons. The molecule has 140 valence electrons. The van der Waals surface area contributed by atoms with Gasteiger partial charge in [0.25, 0.3) is 0 Å². The quantitative estimate of drug-likeness (QED) is 0.470. The highest BCUT2D eigenvalue weighted by Gasteiger charge is 2.09. The van der Waals surface area contributed by atoms with Crippen LogP contribution in [0.3, 0.4) is 0 Å². The summed E-state index contributed by atoms with van der Waals surface area (Å²) in [5, 5.41) is 6.24. The van der Waals surface area contributed by atoms with Gasteiger partial charge in [-0.05, 0) is 65.2 Å². The lowest BCUT2D eigenvalue weighted by molar-refractivity contribution is 0.415. The minimum atomic E-state index is 0.253. The molecule has 0 aliphatic carbocycles. The van der Waals surface area contributed by atoms with E-state index in [1.165, 1.54) is 21.9 Å². The number of nitrogens with zero attached hydrogens (tertiary/aromatic N) is 1. The van der Waals surface area contributed by atoms with Crippen LogP contribution in [-0.4, -0.2) is 12.1 Å². The van der Waals surface area contributed by atoms with Gasteiger partial charge >= 0.3 is 0 Å². The average Bonchev–Trinajstić information content (AvgIpc) is 2.77. The Balaban J connectivity index is 1.50. The summed E-state index contributed by atoms with van der Waals surface area (Å²) < 4.78 is 5.24. The third-order valence-corrected chi connectivity index (χ3v) is 5.11. The van der Waals surface area contributed by atoms with Crippen molar-refractivity contribution in [2.75, 3.05) is 7.11 Å². The summed E-state index contributed by atoms with van der Waals surface area (Å²) in [5.41, 5.74) is 4.60. The molecule has 0 aliphatic heterocycles. The smallest absolute Gasteiger partial charge is 0.118 e. The molecule has 28 heavy (non-hydrogen) atoms. The number of aromatic nitrogens is 1. The van der Waals surface area contributed by atoms with E-state index in [0.29, 0.717) is 0 Å². The first-order chi connectivity index (χ1) is 13.7. The van der Waals surface area contributed by atoms with Gasteiger partial charge in [-0.3, -0.25) is 4.98 Å². The Labute approximate surface area is 166 Å². The zero-order valence-electron chi connectivity index (χ0n) is 16.2. The zero-order valence-corrected chi connectivity index (χ0v) is 16.2. The van der Waals surface area contributed by atoms with Gasteiger partial charge in [0.05, 0.1) is 12.8 Å². The van der Waals surface area contributed by atoms with Crippen LogP contribution in [0.2, 0.25) is 0 Å². The van der Waals surface area contributed by atoms with Crippen LogP contribution in [0, 0.1) is 0 Å². The van der Waals surface area contributed by atoms with Crippen LogP contribution in [0.25, 0.3) is 22.0 Å². The molecular weight excluding hydrogens is 344 g/mol. The maximum Gasteiger partial charge on any atom is 0.118 e. The minimum Gasteiger partial charge on any atom is -0.497 e. The molecule has 0 fully saturated rings. The maximum absolute atomic E-state index is 5.24. The van der Waals surface area contributed by atoms with E-state index in [0.717, 1.165) is 23.6 Å². The van der Waals surface area contributed by atoms with Crippen molar-refractivity contribution in [3.63, 3.8) is 0 Å². The molecule has 3 aromatic carbocycles. The van der Waals surface area contributed by atoms with Crippen molar-refractivity contribution in [3.8, 4) is 17.0 Å². The summed E-state index contributed by atoms with van der Waals surface area (Å²) in [6.07, 6.45) is 1.87. The number of methoxy groups -OCH3 is 1. The topological polar surface area (TPSA) is 34.1 Å². The summed E-state index contributed by atoms with van der Waals surface area (Å²) in [7, 11) is 1.68. The van der Waals surface area contributed by atoms with Gasteiger partial charge in [0.2, 0.25) is 0 Å². The molecule has 0 saturated heterocycles. The highest BCUT2D eigenvalue weighted by Crippen LogP contribution is 2.25. The molecule has 3 heteroatoms. The Kier molecular flexibility index (Phi) is 5.36. The number of benzene rings is 3. The third kappa shape index (κ3) is 3.90. The fraction of sp³-hybridized carbons (Fsp3) is 0.160. The molecule has 1 heterocycles. The van der Waals surface area contributed by atoms with E-state index in [9.17, 15) is 0 Å². The minimum absolute atomic E-state index is 0.253. The molecule has 4 rings (SSSR count). The summed E-state index contributed by atoms with van der Waals surface area (Å²) in [5.74, 6) is 0.852. The van der Waals surface area contributed by atoms with Crippen molar-refractivity contribution in [1.82, 2.24) is 10.3 Å². The number of ether oxygens (including phenoxy) is 1. The van der Waals surface area contributed by atoms with Crippen LogP contribution in [0.4, 0.5) is 0 Å². The van der Waals surface area contributed by atoms with E-state index in [1.807, 2.05) is 30.5 Å². The van der Waals surface area contributed by atoms with Gasteiger partial charge in [0, 0.05) is 24.3 Å². The summed E-state index contributed by atoms with van der Waals surface area (Å²) in [6.45, 7) is 3.00. The first-order valence-corrected chi connectivity index (χ1v) is 9.55. The van der Waals surface area contributed by atoms with Crippen LogP contribution in [-0.2, 0) is 6.54 Å². The van der Waals surface area contributed by atoms with E-state index < -0.39 is 0 Å². The van der Waals surface area contributed by atoms with Crippen LogP contribution >= 0.6 is 0 Å². The molecule has 3 nitrogen and oxygen atoms in total. The van der Waals surface area contributed by atoms with Crippen LogP contribution < -0.4 is 10.1 Å². The van der Waals surface area contributed by atoms with Gasteiger partial charge in [0.1, 0.15) is 5.75 Å². The molecule has 0 saturated carbocycles. The summed E-state index contributed by atoms with van der Waals surface area (Å²) in [6, 6.07) is 27.5. The molecular formula is C25H24N2O. The maximum atomic E-state index is 5.24. The van der Waals surface area contributed by atoms with E-state index in [-0.39, 0.29) is 6.04 Å².